The number of carboxylic acid groups (broad SMARTS) is 1. The molecule has 0 aromatic heterocycles. The van der Waals surface area contributed by atoms with E-state index in [4.69, 9.17) is 14.6 Å². The van der Waals surface area contributed by atoms with Gasteiger partial charge in [0.2, 0.25) is 0 Å². The van der Waals surface area contributed by atoms with Crippen molar-refractivity contribution >= 4 is 11.9 Å². The number of carbonyl (C=O) groups is 2. The predicted molar refractivity (Wildman–Crippen MR) is 131 cm³/mol. The fourth-order valence-electron chi connectivity index (χ4n) is 3.65. The highest BCUT2D eigenvalue weighted by molar-refractivity contribution is 5.96. The maximum atomic E-state index is 13.4. The second-order valence-corrected chi connectivity index (χ2v) is 8.55. The highest BCUT2D eigenvalue weighted by Crippen LogP contribution is 2.23. The van der Waals surface area contributed by atoms with Gasteiger partial charge in [-0.25, -0.2) is 4.79 Å². The molecule has 0 spiro atoms. The molecule has 1 unspecified atom stereocenters. The van der Waals surface area contributed by atoms with Crippen LogP contribution in [-0.2, 0) is 22.7 Å². The molecule has 3 aromatic carbocycles. The second kappa shape index (κ2) is 12.6. The predicted octanol–water partition coefficient (Wildman–Crippen LogP) is 5.38. The Morgan fingerprint density at radius 2 is 1.59 bits per heavy atom. The maximum absolute atomic E-state index is 13.4. The van der Waals surface area contributed by atoms with Crippen LogP contribution in [0.3, 0.4) is 0 Å². The second-order valence-electron chi connectivity index (χ2n) is 8.55. The third-order valence-electron chi connectivity index (χ3n) is 5.27. The third-order valence-corrected chi connectivity index (χ3v) is 5.27. The first-order valence-corrected chi connectivity index (χ1v) is 11.4. The molecule has 0 aliphatic carbocycles. The number of carbonyl (C=O) groups excluding carboxylic acids is 1. The van der Waals surface area contributed by atoms with Crippen molar-refractivity contribution in [3.8, 4) is 5.75 Å². The van der Waals surface area contributed by atoms with E-state index in [1.54, 1.807) is 12.1 Å². The lowest BCUT2D eigenvalue weighted by atomic mass is 9.96. The molecular weight excluding hydrogens is 430 g/mol. The fourth-order valence-corrected chi connectivity index (χ4v) is 3.65. The number of hydrogen-bond donors (Lipinski definition) is 2. The number of aliphatic carboxylic acids is 1. The quantitative estimate of drug-likeness (QED) is 0.378. The summed E-state index contributed by atoms with van der Waals surface area (Å²) in [6.07, 6.45) is 0.789. The first kappa shape index (κ1) is 25.0. The molecule has 0 saturated carbocycles. The van der Waals surface area contributed by atoms with Gasteiger partial charge in [0, 0.05) is 5.56 Å². The first-order chi connectivity index (χ1) is 16.4. The summed E-state index contributed by atoms with van der Waals surface area (Å²) in [6.45, 7) is 4.13. The van der Waals surface area contributed by atoms with Gasteiger partial charge in [-0.05, 0) is 47.2 Å². The lowest BCUT2D eigenvalue weighted by Gasteiger charge is -2.22. The molecule has 6 heteroatoms. The van der Waals surface area contributed by atoms with E-state index < -0.39 is 12.6 Å². The summed E-state index contributed by atoms with van der Waals surface area (Å²) in [7, 11) is 0. The standard InChI is InChI=1S/C28H31NO5/c1-20(2)15-26(22-9-5-3-6-10-22)29-28(32)25-16-21(17-34-24-11-7-4-8-12-24)13-14-23(25)18-33-19-27(30)31/h3-14,16,20,26H,15,17-19H2,1-2H3,(H,29,32)(H,30,31). The summed E-state index contributed by atoms with van der Waals surface area (Å²) < 4.78 is 11.1. The van der Waals surface area contributed by atoms with Crippen LogP contribution in [0.4, 0.5) is 0 Å². The lowest BCUT2D eigenvalue weighted by molar-refractivity contribution is -0.142. The van der Waals surface area contributed by atoms with Crippen molar-refractivity contribution in [3.05, 3.63) is 101 Å². The van der Waals surface area contributed by atoms with Crippen LogP contribution in [0.2, 0.25) is 0 Å². The molecule has 0 aliphatic heterocycles. The van der Waals surface area contributed by atoms with E-state index in [0.717, 1.165) is 23.3 Å². The van der Waals surface area contributed by atoms with Gasteiger partial charge in [0.15, 0.2) is 0 Å². The SMILES string of the molecule is CC(C)CC(NC(=O)c1cc(COc2ccccc2)ccc1COCC(=O)O)c1ccccc1. The summed E-state index contributed by atoms with van der Waals surface area (Å²) in [5.41, 5.74) is 2.94. The van der Waals surface area contributed by atoms with Crippen LogP contribution < -0.4 is 10.1 Å². The average Bonchev–Trinajstić information content (AvgIpc) is 2.83. The summed E-state index contributed by atoms with van der Waals surface area (Å²) in [5, 5.41) is 12.1. The number of rotatable bonds is 12. The first-order valence-electron chi connectivity index (χ1n) is 11.4. The van der Waals surface area contributed by atoms with Crippen molar-refractivity contribution in [1.29, 1.82) is 0 Å². The van der Waals surface area contributed by atoms with Gasteiger partial charge in [0.1, 0.15) is 19.0 Å². The molecule has 34 heavy (non-hydrogen) atoms. The Hall–Kier alpha value is -3.64. The molecule has 3 rings (SSSR count). The van der Waals surface area contributed by atoms with E-state index >= 15 is 0 Å². The Morgan fingerprint density at radius 1 is 0.912 bits per heavy atom. The van der Waals surface area contributed by atoms with Gasteiger partial charge in [-0.1, -0.05) is 74.5 Å². The summed E-state index contributed by atoms with van der Waals surface area (Å²) in [6, 6.07) is 24.6. The molecule has 0 bridgehead atoms. The summed E-state index contributed by atoms with van der Waals surface area (Å²) in [5.74, 6) is -0.164. The van der Waals surface area contributed by atoms with Crippen molar-refractivity contribution in [2.75, 3.05) is 6.61 Å². The van der Waals surface area contributed by atoms with Crippen molar-refractivity contribution in [2.24, 2.45) is 5.92 Å². The van der Waals surface area contributed by atoms with E-state index in [1.807, 2.05) is 66.7 Å². The number of hydrogen-bond acceptors (Lipinski definition) is 4. The Morgan fingerprint density at radius 3 is 2.24 bits per heavy atom. The van der Waals surface area contributed by atoms with Gasteiger partial charge in [-0.3, -0.25) is 4.79 Å². The van der Waals surface area contributed by atoms with Crippen LogP contribution >= 0.6 is 0 Å². The van der Waals surface area contributed by atoms with Gasteiger partial charge in [0.25, 0.3) is 5.91 Å². The molecule has 3 aromatic rings. The number of ether oxygens (including phenoxy) is 2. The van der Waals surface area contributed by atoms with Crippen LogP contribution in [0.25, 0.3) is 0 Å². The number of carboxylic acids is 1. The largest absolute Gasteiger partial charge is 0.489 e. The Bertz CT molecular complexity index is 1070. The minimum atomic E-state index is -1.06. The van der Waals surface area contributed by atoms with E-state index in [2.05, 4.69) is 19.2 Å². The molecule has 0 aliphatic rings. The number of amides is 1. The monoisotopic (exact) mass is 461 g/mol. The topological polar surface area (TPSA) is 84.9 Å². The Balaban J connectivity index is 1.82. The summed E-state index contributed by atoms with van der Waals surface area (Å²) >= 11 is 0. The van der Waals surface area contributed by atoms with Crippen LogP contribution in [0, 0.1) is 5.92 Å². The molecule has 1 atom stereocenters. The Kier molecular flexibility index (Phi) is 9.23. The molecule has 178 valence electrons. The van der Waals surface area contributed by atoms with Crippen LogP contribution in [0.5, 0.6) is 5.75 Å². The van der Waals surface area contributed by atoms with Crippen LogP contribution in [0.15, 0.2) is 78.9 Å². The van der Waals surface area contributed by atoms with Gasteiger partial charge in [0.05, 0.1) is 12.6 Å². The van der Waals surface area contributed by atoms with Crippen molar-refractivity contribution in [3.63, 3.8) is 0 Å². The van der Waals surface area contributed by atoms with Crippen molar-refractivity contribution < 1.29 is 24.2 Å². The number of nitrogens with one attached hydrogen (secondary N) is 1. The van der Waals surface area contributed by atoms with Crippen molar-refractivity contribution in [1.82, 2.24) is 5.32 Å². The minimum Gasteiger partial charge on any atom is -0.489 e. The van der Waals surface area contributed by atoms with Gasteiger partial charge < -0.3 is 19.9 Å². The summed E-state index contributed by atoms with van der Waals surface area (Å²) in [4.78, 5) is 24.3. The van der Waals surface area contributed by atoms with E-state index in [1.165, 1.54) is 0 Å². The van der Waals surface area contributed by atoms with E-state index in [0.29, 0.717) is 23.7 Å². The Labute approximate surface area is 200 Å². The van der Waals surface area contributed by atoms with E-state index in [9.17, 15) is 9.59 Å². The average molecular weight is 462 g/mol. The molecule has 6 nitrogen and oxygen atoms in total. The van der Waals surface area contributed by atoms with E-state index in [-0.39, 0.29) is 18.6 Å². The minimum absolute atomic E-state index is 0.0229. The fraction of sp³-hybridized carbons (Fsp3) is 0.286. The zero-order chi connectivity index (χ0) is 24.3. The van der Waals surface area contributed by atoms with Gasteiger partial charge in [-0.2, -0.15) is 0 Å². The number of benzene rings is 3. The smallest absolute Gasteiger partial charge is 0.329 e. The molecule has 0 heterocycles. The van der Waals surface area contributed by atoms with Crippen molar-refractivity contribution in [2.45, 2.75) is 39.5 Å². The third kappa shape index (κ3) is 7.74. The molecule has 0 saturated heterocycles. The highest BCUT2D eigenvalue weighted by Gasteiger charge is 2.20. The van der Waals surface area contributed by atoms with Crippen LogP contribution in [0.1, 0.15) is 53.4 Å². The normalized spacial score (nSPS) is 11.7. The van der Waals surface area contributed by atoms with Gasteiger partial charge in [-0.15, -0.1) is 0 Å². The molecule has 1 amide bonds. The zero-order valence-electron chi connectivity index (χ0n) is 19.6. The molecular formula is C28H31NO5. The maximum Gasteiger partial charge on any atom is 0.329 e. The lowest BCUT2D eigenvalue weighted by Crippen LogP contribution is -2.30. The van der Waals surface area contributed by atoms with Crippen LogP contribution in [-0.4, -0.2) is 23.6 Å². The molecule has 0 radical (unpaired) electrons. The highest BCUT2D eigenvalue weighted by atomic mass is 16.5. The van der Waals surface area contributed by atoms with Gasteiger partial charge >= 0.3 is 5.97 Å². The molecule has 0 fully saturated rings. The zero-order valence-corrected chi connectivity index (χ0v) is 19.6. The number of para-hydroxylation sites is 1. The molecule has 2 N–H and O–H groups in total.